The number of hydrogen-bond acceptors (Lipinski definition) is 4. The highest BCUT2D eigenvalue weighted by Gasteiger charge is 2.21. The Morgan fingerprint density at radius 1 is 1.33 bits per heavy atom. The lowest BCUT2D eigenvalue weighted by molar-refractivity contribution is -0.116. The third-order valence-corrected chi connectivity index (χ3v) is 3.59. The van der Waals surface area contributed by atoms with E-state index in [0.29, 0.717) is 5.69 Å². The van der Waals surface area contributed by atoms with Gasteiger partial charge in [-0.2, -0.15) is 0 Å². The standard InChI is InChI=1S/C15H14N2O4/c1-9(18)17-6-2-3-11-7-10(4-5-13(11)17)12-8-14(15(19)20)21-16-12/h4-5,7-8H,2-3,6H2,1H3,(H,19,20). The monoisotopic (exact) mass is 286 g/mol. The van der Waals surface area contributed by atoms with E-state index in [-0.39, 0.29) is 11.7 Å². The number of aryl methyl sites for hydroxylation is 1. The second kappa shape index (κ2) is 5.05. The highest BCUT2D eigenvalue weighted by Crippen LogP contribution is 2.31. The van der Waals surface area contributed by atoms with Gasteiger partial charge in [0.2, 0.25) is 11.7 Å². The summed E-state index contributed by atoms with van der Waals surface area (Å²) in [6, 6.07) is 7.04. The zero-order valence-electron chi connectivity index (χ0n) is 11.5. The normalized spacial score (nSPS) is 13.9. The van der Waals surface area contributed by atoms with Crippen LogP contribution in [0.2, 0.25) is 0 Å². The van der Waals surface area contributed by atoms with Crippen molar-refractivity contribution in [3.05, 3.63) is 35.6 Å². The number of nitrogens with zero attached hydrogens (tertiary/aromatic N) is 2. The number of carbonyl (C=O) groups excluding carboxylic acids is 1. The summed E-state index contributed by atoms with van der Waals surface area (Å²) in [6.45, 7) is 2.29. The summed E-state index contributed by atoms with van der Waals surface area (Å²) in [5.41, 5.74) is 3.25. The van der Waals surface area contributed by atoms with Crippen LogP contribution in [0.3, 0.4) is 0 Å². The van der Waals surface area contributed by atoms with Gasteiger partial charge in [-0.1, -0.05) is 11.2 Å². The molecule has 1 aromatic carbocycles. The molecule has 1 aromatic heterocycles. The number of anilines is 1. The molecule has 0 radical (unpaired) electrons. The van der Waals surface area contributed by atoms with Gasteiger partial charge in [-0.25, -0.2) is 4.79 Å². The second-order valence-electron chi connectivity index (χ2n) is 5.00. The molecule has 0 atom stereocenters. The van der Waals surface area contributed by atoms with Crippen LogP contribution in [0.25, 0.3) is 11.3 Å². The molecule has 108 valence electrons. The molecule has 1 aliphatic rings. The Morgan fingerprint density at radius 3 is 2.81 bits per heavy atom. The van der Waals surface area contributed by atoms with Gasteiger partial charge in [-0.15, -0.1) is 0 Å². The zero-order chi connectivity index (χ0) is 15.0. The molecule has 0 saturated heterocycles. The van der Waals surface area contributed by atoms with Crippen LogP contribution < -0.4 is 4.90 Å². The van der Waals surface area contributed by atoms with E-state index in [9.17, 15) is 9.59 Å². The molecule has 0 bridgehead atoms. The maximum absolute atomic E-state index is 11.6. The summed E-state index contributed by atoms with van der Waals surface area (Å²) < 4.78 is 4.77. The van der Waals surface area contributed by atoms with Crippen molar-refractivity contribution in [1.82, 2.24) is 5.16 Å². The van der Waals surface area contributed by atoms with Crippen LogP contribution in [0.4, 0.5) is 5.69 Å². The quantitative estimate of drug-likeness (QED) is 0.916. The Bertz CT molecular complexity index is 720. The Kier molecular flexibility index (Phi) is 3.21. The fraction of sp³-hybridized carbons (Fsp3) is 0.267. The van der Waals surface area contributed by atoms with Crippen LogP contribution in [0.15, 0.2) is 28.8 Å². The topological polar surface area (TPSA) is 83.6 Å². The number of hydrogen-bond donors (Lipinski definition) is 1. The Labute approximate surface area is 121 Å². The average molecular weight is 286 g/mol. The van der Waals surface area contributed by atoms with Crippen LogP contribution in [0.1, 0.15) is 29.5 Å². The van der Waals surface area contributed by atoms with Crippen molar-refractivity contribution >= 4 is 17.6 Å². The number of amides is 1. The van der Waals surface area contributed by atoms with E-state index in [1.54, 1.807) is 11.8 Å². The van der Waals surface area contributed by atoms with E-state index < -0.39 is 5.97 Å². The van der Waals surface area contributed by atoms with Crippen molar-refractivity contribution in [2.75, 3.05) is 11.4 Å². The Hall–Kier alpha value is -2.63. The molecular formula is C15H14N2O4. The third kappa shape index (κ3) is 2.40. The third-order valence-electron chi connectivity index (χ3n) is 3.59. The number of carboxylic acid groups (broad SMARTS) is 1. The maximum Gasteiger partial charge on any atom is 0.374 e. The first-order valence-electron chi connectivity index (χ1n) is 6.67. The molecule has 1 N–H and O–H groups in total. The second-order valence-corrected chi connectivity index (χ2v) is 5.00. The fourth-order valence-corrected chi connectivity index (χ4v) is 2.60. The highest BCUT2D eigenvalue weighted by atomic mass is 16.5. The highest BCUT2D eigenvalue weighted by molar-refractivity contribution is 5.93. The van der Waals surface area contributed by atoms with E-state index in [4.69, 9.17) is 9.63 Å². The first kappa shape index (κ1) is 13.4. The zero-order valence-corrected chi connectivity index (χ0v) is 11.5. The predicted octanol–water partition coefficient (Wildman–Crippen LogP) is 2.34. The number of fused-ring (bicyclic) bond motifs is 1. The molecule has 6 heteroatoms. The lowest BCUT2D eigenvalue weighted by Crippen LogP contribution is -2.33. The summed E-state index contributed by atoms with van der Waals surface area (Å²) in [4.78, 5) is 24.2. The molecule has 2 heterocycles. The van der Waals surface area contributed by atoms with Gasteiger partial charge in [0.15, 0.2) is 0 Å². The summed E-state index contributed by atoms with van der Waals surface area (Å²) in [7, 11) is 0. The SMILES string of the molecule is CC(=O)N1CCCc2cc(-c3cc(C(=O)O)on3)ccc21. The first-order chi connectivity index (χ1) is 10.1. The molecule has 3 rings (SSSR count). The largest absolute Gasteiger partial charge is 0.475 e. The minimum Gasteiger partial charge on any atom is -0.475 e. The molecular weight excluding hydrogens is 272 g/mol. The number of carbonyl (C=O) groups is 2. The van der Waals surface area contributed by atoms with Crippen LogP contribution in [0.5, 0.6) is 0 Å². The molecule has 1 aliphatic heterocycles. The molecule has 0 unspecified atom stereocenters. The predicted molar refractivity (Wildman–Crippen MR) is 75.2 cm³/mol. The van der Waals surface area contributed by atoms with E-state index in [2.05, 4.69) is 5.16 Å². The van der Waals surface area contributed by atoms with Crippen molar-refractivity contribution < 1.29 is 19.2 Å². The molecule has 1 amide bonds. The number of carboxylic acids is 1. The molecule has 21 heavy (non-hydrogen) atoms. The Morgan fingerprint density at radius 2 is 2.14 bits per heavy atom. The van der Waals surface area contributed by atoms with Crippen LogP contribution >= 0.6 is 0 Å². The van der Waals surface area contributed by atoms with Crippen molar-refractivity contribution in [3.63, 3.8) is 0 Å². The van der Waals surface area contributed by atoms with Crippen molar-refractivity contribution in [1.29, 1.82) is 0 Å². The van der Waals surface area contributed by atoms with Crippen LogP contribution in [-0.4, -0.2) is 28.7 Å². The van der Waals surface area contributed by atoms with Gasteiger partial charge in [0, 0.05) is 30.8 Å². The maximum atomic E-state index is 11.6. The number of aromatic nitrogens is 1. The van der Waals surface area contributed by atoms with Crippen LogP contribution in [0, 0.1) is 0 Å². The lowest BCUT2D eigenvalue weighted by Gasteiger charge is -2.28. The molecule has 6 nitrogen and oxygen atoms in total. The smallest absolute Gasteiger partial charge is 0.374 e. The minimum absolute atomic E-state index is 0.0262. The molecule has 0 spiro atoms. The molecule has 2 aromatic rings. The van der Waals surface area contributed by atoms with Gasteiger partial charge >= 0.3 is 5.97 Å². The number of aromatic carboxylic acids is 1. The summed E-state index contributed by atoms with van der Waals surface area (Å²) in [5.74, 6) is -1.30. The molecule has 0 fully saturated rings. The van der Waals surface area contributed by atoms with E-state index in [0.717, 1.165) is 36.2 Å². The summed E-state index contributed by atoms with van der Waals surface area (Å²) in [5, 5.41) is 12.6. The van der Waals surface area contributed by atoms with Gasteiger partial charge in [0.25, 0.3) is 0 Å². The minimum atomic E-state index is -1.14. The van der Waals surface area contributed by atoms with Gasteiger partial charge < -0.3 is 14.5 Å². The van der Waals surface area contributed by atoms with Gasteiger partial charge in [0.05, 0.1) is 0 Å². The number of rotatable bonds is 2. The van der Waals surface area contributed by atoms with Gasteiger partial charge in [0.1, 0.15) is 5.69 Å². The van der Waals surface area contributed by atoms with E-state index in [1.807, 2.05) is 18.2 Å². The van der Waals surface area contributed by atoms with Crippen molar-refractivity contribution in [2.24, 2.45) is 0 Å². The van der Waals surface area contributed by atoms with Crippen molar-refractivity contribution in [2.45, 2.75) is 19.8 Å². The summed E-state index contributed by atoms with van der Waals surface area (Å²) in [6.07, 6.45) is 1.80. The first-order valence-corrected chi connectivity index (χ1v) is 6.67. The van der Waals surface area contributed by atoms with Crippen LogP contribution in [-0.2, 0) is 11.2 Å². The van der Waals surface area contributed by atoms with E-state index in [1.165, 1.54) is 6.07 Å². The lowest BCUT2D eigenvalue weighted by atomic mass is 9.98. The Balaban J connectivity index is 1.99. The number of benzene rings is 1. The van der Waals surface area contributed by atoms with Gasteiger partial charge in [-0.05, 0) is 30.5 Å². The average Bonchev–Trinajstić information content (AvgIpc) is 2.96. The van der Waals surface area contributed by atoms with E-state index >= 15 is 0 Å². The molecule has 0 saturated carbocycles. The molecule has 0 aliphatic carbocycles. The summed E-state index contributed by atoms with van der Waals surface area (Å²) >= 11 is 0. The van der Waals surface area contributed by atoms with Gasteiger partial charge in [-0.3, -0.25) is 4.79 Å². The fourth-order valence-electron chi connectivity index (χ4n) is 2.60. The van der Waals surface area contributed by atoms with Crippen molar-refractivity contribution in [3.8, 4) is 11.3 Å².